The molecule has 0 aromatic heterocycles. The first-order valence-electron chi connectivity index (χ1n) is 1.99. The number of amidine groups is 1. The number of hydrogen-bond donors (Lipinski definition) is 0. The maximum atomic E-state index is 10.3. The molecule has 0 rings (SSSR count). The van der Waals surface area contributed by atoms with E-state index in [0.717, 1.165) is 0 Å². The van der Waals surface area contributed by atoms with Gasteiger partial charge in [-0.15, -0.1) is 0 Å². The Kier molecular flexibility index (Phi) is 2.19. The predicted molar refractivity (Wildman–Crippen MR) is 27.7 cm³/mol. The van der Waals surface area contributed by atoms with Crippen LogP contribution in [0.25, 0.3) is 0 Å². The first-order chi connectivity index (χ1) is 3.18. The molecule has 3 heteroatoms. The molecule has 0 N–H and O–H groups in total. The van der Waals surface area contributed by atoms with Crippen molar-refractivity contribution in [3.05, 3.63) is 0 Å². The van der Waals surface area contributed by atoms with Gasteiger partial charge in [0.15, 0.2) is 0 Å². The molecule has 41 valence electrons. The normalized spacial score (nSPS) is 11.6. The summed E-state index contributed by atoms with van der Waals surface area (Å²) >= 11 is 0. The molecule has 3 nitrogen and oxygen atoms in total. The van der Waals surface area contributed by atoms with Crippen LogP contribution < -0.4 is 0 Å². The van der Waals surface area contributed by atoms with Crippen molar-refractivity contribution in [3.8, 4) is 0 Å². The quantitative estimate of drug-likeness (QED) is 0.311. The second-order valence-electron chi connectivity index (χ2n) is 1.40. The van der Waals surface area contributed by atoms with Crippen molar-refractivity contribution < 1.29 is 5.11 Å². The lowest BCUT2D eigenvalue weighted by Crippen LogP contribution is -2.19. The fourth-order valence-corrected chi connectivity index (χ4v) is 0.200. The van der Waals surface area contributed by atoms with Crippen molar-refractivity contribution in [2.24, 2.45) is 4.99 Å². The van der Waals surface area contributed by atoms with E-state index in [1.165, 1.54) is 11.9 Å². The molecule has 0 aromatic carbocycles. The zero-order chi connectivity index (χ0) is 5.86. The van der Waals surface area contributed by atoms with E-state index in [1.807, 2.05) is 0 Å². The molecule has 0 saturated carbocycles. The second kappa shape index (κ2) is 2.44. The van der Waals surface area contributed by atoms with Gasteiger partial charge in [0.1, 0.15) is 0 Å². The summed E-state index contributed by atoms with van der Waals surface area (Å²) in [6, 6.07) is -0.194. The van der Waals surface area contributed by atoms with Crippen molar-refractivity contribution in [3.63, 3.8) is 0 Å². The second-order valence-corrected chi connectivity index (χ2v) is 1.40. The molecule has 0 saturated heterocycles. The van der Waals surface area contributed by atoms with Crippen molar-refractivity contribution in [1.29, 1.82) is 0 Å². The lowest BCUT2D eigenvalue weighted by molar-refractivity contribution is 0.340. The fraction of sp³-hybridized carbons (Fsp3) is 0.750. The van der Waals surface area contributed by atoms with E-state index >= 15 is 0 Å². The van der Waals surface area contributed by atoms with Crippen LogP contribution in [0.15, 0.2) is 4.99 Å². The van der Waals surface area contributed by atoms with Crippen LogP contribution in [-0.2, 0) is 5.11 Å². The van der Waals surface area contributed by atoms with Crippen molar-refractivity contribution >= 4 is 6.02 Å². The summed E-state index contributed by atoms with van der Waals surface area (Å²) in [7, 11) is 4.80. The van der Waals surface area contributed by atoms with Gasteiger partial charge in [0.2, 0.25) is 0 Å². The van der Waals surface area contributed by atoms with Gasteiger partial charge in [0.05, 0.1) is 0 Å². The van der Waals surface area contributed by atoms with Crippen LogP contribution in [0, 0.1) is 0 Å². The average Bonchev–Trinajstić information content (AvgIpc) is 1.65. The Morgan fingerprint density at radius 1 is 1.57 bits per heavy atom. The highest BCUT2D eigenvalue weighted by Crippen LogP contribution is 1.73. The molecular weight excluding hydrogens is 92.1 g/mol. The summed E-state index contributed by atoms with van der Waals surface area (Å²) in [5, 5.41) is 10.3. The van der Waals surface area contributed by atoms with Gasteiger partial charge in [-0.2, -0.15) is 0 Å². The van der Waals surface area contributed by atoms with E-state index < -0.39 is 0 Å². The Morgan fingerprint density at radius 2 is 2.00 bits per heavy atom. The van der Waals surface area contributed by atoms with Crippen LogP contribution in [0.5, 0.6) is 0 Å². The third-order valence-electron chi connectivity index (χ3n) is 0.574. The highest BCUT2D eigenvalue weighted by Gasteiger charge is 1.93. The largest absolute Gasteiger partial charge is 0.338 e. The molecule has 0 amide bonds. The van der Waals surface area contributed by atoms with Gasteiger partial charge in [-0.25, -0.2) is 10.1 Å². The number of aliphatic imine (C=N–C) groups is 1. The van der Waals surface area contributed by atoms with Crippen molar-refractivity contribution in [2.75, 3.05) is 21.1 Å². The summed E-state index contributed by atoms with van der Waals surface area (Å²) in [6.07, 6.45) is 0. The number of rotatable bonds is 0. The minimum atomic E-state index is -0.194. The minimum absolute atomic E-state index is 0.194. The van der Waals surface area contributed by atoms with Crippen LogP contribution >= 0.6 is 0 Å². The molecule has 0 aliphatic carbocycles. The molecule has 0 fully saturated rings. The van der Waals surface area contributed by atoms with Gasteiger partial charge in [-0.3, -0.25) is 0 Å². The van der Waals surface area contributed by atoms with E-state index in [9.17, 15) is 5.11 Å². The molecule has 0 aliphatic rings. The Hall–Kier alpha value is -0.730. The Balaban J connectivity index is 3.56. The highest BCUT2D eigenvalue weighted by molar-refractivity contribution is 5.69. The first kappa shape index (κ1) is 6.27. The SMILES string of the molecule is C/N=C(\[O])N(C)C. The van der Waals surface area contributed by atoms with Gasteiger partial charge in [-0.1, -0.05) is 0 Å². The standard InChI is InChI=1S/C4H9N2O/c1-5-4(7)6(2)3/h1-3H3/b5-4-. The van der Waals surface area contributed by atoms with E-state index in [0.29, 0.717) is 0 Å². The summed E-state index contributed by atoms with van der Waals surface area (Å²) in [6.45, 7) is 0. The predicted octanol–water partition coefficient (Wildman–Crippen LogP) is -0.0357. The topological polar surface area (TPSA) is 35.5 Å². The van der Waals surface area contributed by atoms with Crippen LogP contribution in [0.2, 0.25) is 0 Å². The summed E-state index contributed by atoms with van der Waals surface area (Å²) in [5.74, 6) is 0. The van der Waals surface area contributed by atoms with Gasteiger partial charge in [0.25, 0.3) is 0 Å². The zero-order valence-electron chi connectivity index (χ0n) is 4.80. The van der Waals surface area contributed by atoms with Gasteiger partial charge in [0, 0.05) is 21.1 Å². The molecule has 0 heterocycles. The first-order valence-corrected chi connectivity index (χ1v) is 1.99. The maximum absolute atomic E-state index is 10.3. The molecule has 0 spiro atoms. The Labute approximate surface area is 43.3 Å². The van der Waals surface area contributed by atoms with Crippen LogP contribution in [0.1, 0.15) is 0 Å². The number of hydrogen-bond acceptors (Lipinski definition) is 1. The van der Waals surface area contributed by atoms with Crippen LogP contribution in [0.3, 0.4) is 0 Å². The molecule has 1 radical (unpaired) electrons. The van der Waals surface area contributed by atoms with Gasteiger partial charge in [-0.05, 0) is 0 Å². The molecule has 0 aliphatic heterocycles. The monoisotopic (exact) mass is 101 g/mol. The lowest BCUT2D eigenvalue weighted by Gasteiger charge is -2.02. The van der Waals surface area contributed by atoms with Crippen LogP contribution in [0.4, 0.5) is 0 Å². The molecule has 7 heavy (non-hydrogen) atoms. The van der Waals surface area contributed by atoms with Gasteiger partial charge >= 0.3 is 6.02 Å². The molecular formula is C4H9N2O. The molecule has 0 aromatic rings. The minimum Gasteiger partial charge on any atom is -0.329 e. The average molecular weight is 101 g/mol. The van der Waals surface area contributed by atoms with Crippen LogP contribution in [-0.4, -0.2) is 32.1 Å². The fourth-order valence-electron chi connectivity index (χ4n) is 0.200. The smallest absolute Gasteiger partial charge is 0.329 e. The van der Waals surface area contributed by atoms with E-state index in [-0.39, 0.29) is 6.02 Å². The number of nitrogens with zero attached hydrogens (tertiary/aromatic N) is 2. The molecule has 0 bridgehead atoms. The summed E-state index contributed by atoms with van der Waals surface area (Å²) < 4.78 is 0. The van der Waals surface area contributed by atoms with E-state index in [2.05, 4.69) is 4.99 Å². The van der Waals surface area contributed by atoms with E-state index in [4.69, 9.17) is 0 Å². The Bertz CT molecular complexity index is 77.8. The molecule has 0 atom stereocenters. The maximum Gasteiger partial charge on any atom is 0.338 e. The molecule has 0 unspecified atom stereocenters. The third-order valence-corrected chi connectivity index (χ3v) is 0.574. The van der Waals surface area contributed by atoms with E-state index in [1.54, 1.807) is 14.1 Å². The zero-order valence-corrected chi connectivity index (χ0v) is 4.80. The van der Waals surface area contributed by atoms with Crippen molar-refractivity contribution in [2.45, 2.75) is 0 Å². The Morgan fingerprint density at radius 3 is 2.00 bits per heavy atom. The van der Waals surface area contributed by atoms with Crippen molar-refractivity contribution in [1.82, 2.24) is 4.90 Å². The summed E-state index contributed by atoms with van der Waals surface area (Å²) in [5.41, 5.74) is 0. The highest BCUT2D eigenvalue weighted by atomic mass is 16.3. The lowest BCUT2D eigenvalue weighted by atomic mass is 10.9. The third kappa shape index (κ3) is 2.03. The summed E-state index contributed by atoms with van der Waals surface area (Å²) in [4.78, 5) is 4.79. The van der Waals surface area contributed by atoms with Gasteiger partial charge < -0.3 is 4.90 Å².